The first-order chi connectivity index (χ1) is 6.36. The molecule has 0 aliphatic heterocycles. The van der Waals surface area contributed by atoms with Gasteiger partial charge in [0.05, 0.1) is 0 Å². The standard InChI is InChI=1S/C10H17N3O/c1-7-6-13(10(2,3)4)9(14)12-8(7)11-5/h6H,1-5H3,(H,11,12,14). The van der Waals surface area contributed by atoms with Crippen LogP contribution >= 0.6 is 0 Å². The number of aromatic nitrogens is 2. The summed E-state index contributed by atoms with van der Waals surface area (Å²) in [5.74, 6) is 0.649. The Labute approximate surface area is 84.0 Å². The molecule has 0 saturated carbocycles. The number of anilines is 1. The summed E-state index contributed by atoms with van der Waals surface area (Å²) in [6.45, 7) is 7.87. The van der Waals surface area contributed by atoms with Crippen LogP contribution in [0.25, 0.3) is 0 Å². The lowest BCUT2D eigenvalue weighted by Crippen LogP contribution is -2.35. The summed E-state index contributed by atoms with van der Waals surface area (Å²) in [7, 11) is 1.76. The van der Waals surface area contributed by atoms with E-state index in [0.717, 1.165) is 5.56 Å². The van der Waals surface area contributed by atoms with E-state index in [1.165, 1.54) is 0 Å². The van der Waals surface area contributed by atoms with Crippen LogP contribution in [0.2, 0.25) is 0 Å². The van der Waals surface area contributed by atoms with Crippen molar-refractivity contribution in [3.05, 3.63) is 22.2 Å². The van der Waals surface area contributed by atoms with Crippen LogP contribution < -0.4 is 11.0 Å². The zero-order chi connectivity index (χ0) is 10.9. The minimum atomic E-state index is -0.221. The SMILES string of the molecule is CNc1nc(=O)n(C(C)(C)C)cc1C. The maximum absolute atomic E-state index is 11.6. The molecule has 0 atom stereocenters. The fourth-order valence-corrected chi connectivity index (χ4v) is 1.28. The van der Waals surface area contributed by atoms with E-state index >= 15 is 0 Å². The molecule has 4 heteroatoms. The molecular weight excluding hydrogens is 178 g/mol. The highest BCUT2D eigenvalue weighted by atomic mass is 16.1. The van der Waals surface area contributed by atoms with Crippen LogP contribution in [0.5, 0.6) is 0 Å². The third-order valence-electron chi connectivity index (χ3n) is 2.07. The highest BCUT2D eigenvalue weighted by Crippen LogP contribution is 2.13. The van der Waals surface area contributed by atoms with E-state index in [2.05, 4.69) is 10.3 Å². The first kappa shape index (κ1) is 10.8. The van der Waals surface area contributed by atoms with Gasteiger partial charge in [0.1, 0.15) is 5.82 Å². The molecule has 1 heterocycles. The molecule has 0 spiro atoms. The molecule has 1 aromatic rings. The van der Waals surface area contributed by atoms with Crippen LogP contribution in [-0.2, 0) is 5.54 Å². The molecule has 0 aliphatic rings. The van der Waals surface area contributed by atoms with Crippen molar-refractivity contribution in [1.29, 1.82) is 0 Å². The van der Waals surface area contributed by atoms with Gasteiger partial charge in [0.25, 0.3) is 0 Å². The number of hydrogen-bond acceptors (Lipinski definition) is 3. The molecular formula is C10H17N3O. The predicted octanol–water partition coefficient (Wildman–Crippen LogP) is 1.35. The van der Waals surface area contributed by atoms with Crippen molar-refractivity contribution in [3.63, 3.8) is 0 Å². The topological polar surface area (TPSA) is 46.9 Å². The molecule has 0 bridgehead atoms. The van der Waals surface area contributed by atoms with Crippen molar-refractivity contribution >= 4 is 5.82 Å². The summed E-state index contributed by atoms with van der Waals surface area (Å²) in [6, 6.07) is 0. The van der Waals surface area contributed by atoms with Crippen LogP contribution in [0.15, 0.2) is 11.0 Å². The van der Waals surface area contributed by atoms with E-state index < -0.39 is 0 Å². The smallest absolute Gasteiger partial charge is 0.350 e. The van der Waals surface area contributed by atoms with E-state index in [0.29, 0.717) is 5.82 Å². The average molecular weight is 195 g/mol. The lowest BCUT2D eigenvalue weighted by molar-refractivity contribution is 0.377. The van der Waals surface area contributed by atoms with Gasteiger partial charge in [-0.1, -0.05) is 0 Å². The minimum absolute atomic E-state index is 0.215. The summed E-state index contributed by atoms with van der Waals surface area (Å²) in [6.07, 6.45) is 1.83. The Kier molecular flexibility index (Phi) is 2.64. The van der Waals surface area contributed by atoms with Gasteiger partial charge >= 0.3 is 5.69 Å². The second-order valence-electron chi connectivity index (χ2n) is 4.35. The number of rotatable bonds is 1. The minimum Gasteiger partial charge on any atom is -0.373 e. The first-order valence-electron chi connectivity index (χ1n) is 4.65. The summed E-state index contributed by atoms with van der Waals surface area (Å²) in [5, 5.41) is 2.89. The second-order valence-corrected chi connectivity index (χ2v) is 4.35. The molecule has 1 N–H and O–H groups in total. The fraction of sp³-hybridized carbons (Fsp3) is 0.600. The summed E-state index contributed by atoms with van der Waals surface area (Å²) in [5.41, 5.74) is 0.538. The van der Waals surface area contributed by atoms with Gasteiger partial charge < -0.3 is 5.32 Å². The van der Waals surface area contributed by atoms with Crippen molar-refractivity contribution in [1.82, 2.24) is 9.55 Å². The second kappa shape index (κ2) is 3.44. The molecule has 0 amide bonds. The van der Waals surface area contributed by atoms with E-state index in [1.54, 1.807) is 11.6 Å². The van der Waals surface area contributed by atoms with Gasteiger partial charge in [-0.3, -0.25) is 4.57 Å². The maximum atomic E-state index is 11.6. The molecule has 1 aromatic heterocycles. The molecule has 4 nitrogen and oxygen atoms in total. The monoisotopic (exact) mass is 195 g/mol. The Morgan fingerprint density at radius 1 is 1.43 bits per heavy atom. The maximum Gasteiger partial charge on any atom is 0.350 e. The van der Waals surface area contributed by atoms with Gasteiger partial charge in [-0.15, -0.1) is 0 Å². The van der Waals surface area contributed by atoms with Crippen LogP contribution in [-0.4, -0.2) is 16.6 Å². The molecule has 0 saturated heterocycles. The van der Waals surface area contributed by atoms with E-state index in [-0.39, 0.29) is 11.2 Å². The Morgan fingerprint density at radius 2 is 2.00 bits per heavy atom. The number of nitrogens with one attached hydrogen (secondary N) is 1. The van der Waals surface area contributed by atoms with E-state index in [9.17, 15) is 4.79 Å². The Balaban J connectivity index is 3.37. The van der Waals surface area contributed by atoms with Crippen LogP contribution in [0.3, 0.4) is 0 Å². The van der Waals surface area contributed by atoms with Gasteiger partial charge in [0.15, 0.2) is 0 Å². The molecule has 78 valence electrons. The highest BCUT2D eigenvalue weighted by molar-refractivity contribution is 5.40. The van der Waals surface area contributed by atoms with Gasteiger partial charge in [-0.05, 0) is 27.7 Å². The van der Waals surface area contributed by atoms with Crippen molar-refractivity contribution < 1.29 is 0 Å². The number of nitrogens with zero attached hydrogens (tertiary/aromatic N) is 2. The number of aryl methyl sites for hydroxylation is 1. The van der Waals surface area contributed by atoms with Crippen molar-refractivity contribution in [2.75, 3.05) is 12.4 Å². The lowest BCUT2D eigenvalue weighted by Gasteiger charge is -2.22. The molecule has 14 heavy (non-hydrogen) atoms. The highest BCUT2D eigenvalue weighted by Gasteiger charge is 2.16. The Morgan fingerprint density at radius 3 is 2.43 bits per heavy atom. The molecule has 0 fully saturated rings. The zero-order valence-electron chi connectivity index (χ0n) is 9.38. The quantitative estimate of drug-likeness (QED) is 0.735. The molecule has 0 aliphatic carbocycles. The third-order valence-corrected chi connectivity index (χ3v) is 2.07. The zero-order valence-corrected chi connectivity index (χ0v) is 9.38. The van der Waals surface area contributed by atoms with Crippen LogP contribution in [0, 0.1) is 6.92 Å². The first-order valence-corrected chi connectivity index (χ1v) is 4.65. The molecule has 1 rings (SSSR count). The predicted molar refractivity (Wildman–Crippen MR) is 57.8 cm³/mol. The summed E-state index contributed by atoms with van der Waals surface area (Å²) < 4.78 is 1.64. The normalized spacial score (nSPS) is 11.5. The van der Waals surface area contributed by atoms with Gasteiger partial charge in [0, 0.05) is 24.3 Å². The van der Waals surface area contributed by atoms with Gasteiger partial charge in [-0.25, -0.2) is 4.79 Å². The Hall–Kier alpha value is -1.32. The van der Waals surface area contributed by atoms with Gasteiger partial charge in [0.2, 0.25) is 0 Å². The van der Waals surface area contributed by atoms with Crippen LogP contribution in [0.4, 0.5) is 5.82 Å². The largest absolute Gasteiger partial charge is 0.373 e. The van der Waals surface area contributed by atoms with E-state index in [4.69, 9.17) is 0 Å². The number of hydrogen-bond donors (Lipinski definition) is 1. The summed E-state index contributed by atoms with van der Waals surface area (Å²) in [4.78, 5) is 15.6. The van der Waals surface area contributed by atoms with Crippen molar-refractivity contribution in [3.8, 4) is 0 Å². The molecule has 0 unspecified atom stereocenters. The molecule has 0 aromatic carbocycles. The van der Waals surface area contributed by atoms with E-state index in [1.807, 2.05) is 33.9 Å². The van der Waals surface area contributed by atoms with Gasteiger partial charge in [-0.2, -0.15) is 4.98 Å². The van der Waals surface area contributed by atoms with Crippen molar-refractivity contribution in [2.45, 2.75) is 33.2 Å². The fourth-order valence-electron chi connectivity index (χ4n) is 1.28. The third kappa shape index (κ3) is 1.95. The summed E-state index contributed by atoms with van der Waals surface area (Å²) >= 11 is 0. The Bertz CT molecular complexity index is 387. The molecule has 0 radical (unpaired) electrons. The average Bonchev–Trinajstić information content (AvgIpc) is 2.06. The van der Waals surface area contributed by atoms with Crippen molar-refractivity contribution in [2.24, 2.45) is 0 Å². The van der Waals surface area contributed by atoms with Crippen LogP contribution in [0.1, 0.15) is 26.3 Å². The lowest BCUT2D eigenvalue weighted by atomic mass is 10.1.